The fourth-order valence-electron chi connectivity index (χ4n) is 1.04. The van der Waals surface area contributed by atoms with Gasteiger partial charge in [-0.25, -0.2) is 10.4 Å². The van der Waals surface area contributed by atoms with E-state index in [1.807, 2.05) is 7.05 Å². The summed E-state index contributed by atoms with van der Waals surface area (Å²) in [6.07, 6.45) is 0.414. The number of rotatable bonds is 0. The Morgan fingerprint density at radius 1 is 1.40 bits per heavy atom. The average Bonchev–Trinajstić information content (AvgIpc) is 2.11. The zero-order valence-electron chi connectivity index (χ0n) is 7.23. The van der Waals surface area contributed by atoms with Crippen molar-refractivity contribution in [3.05, 3.63) is 0 Å². The smallest absolute Gasteiger partial charge is 0.0765 e. The van der Waals surface area contributed by atoms with E-state index in [4.69, 9.17) is 0 Å². The molecule has 0 amide bonds. The highest BCUT2D eigenvalue weighted by atomic mass is 15.6. The van der Waals surface area contributed by atoms with Gasteiger partial charge in [0.05, 0.1) is 12.8 Å². The fraction of sp³-hybridized carbons (Fsp3) is 1.00. The van der Waals surface area contributed by atoms with Crippen molar-refractivity contribution in [1.82, 2.24) is 15.8 Å². The lowest BCUT2D eigenvalue weighted by molar-refractivity contribution is 0.210. The summed E-state index contributed by atoms with van der Waals surface area (Å²) in [6, 6.07) is 0. The minimum atomic E-state index is 0.296. The molecule has 1 heterocycles. The van der Waals surface area contributed by atoms with Crippen molar-refractivity contribution in [2.75, 3.05) is 13.7 Å². The molecule has 2 N–H and O–H groups in total. The van der Waals surface area contributed by atoms with E-state index < -0.39 is 0 Å². The first-order valence-corrected chi connectivity index (χ1v) is 3.71. The zero-order chi connectivity index (χ0) is 7.78. The van der Waals surface area contributed by atoms with E-state index in [9.17, 15) is 0 Å². The molecule has 10 heavy (non-hydrogen) atoms. The average molecular weight is 143 g/mol. The maximum atomic E-state index is 3.36. The van der Waals surface area contributed by atoms with Crippen LogP contribution in [0.2, 0.25) is 0 Å². The van der Waals surface area contributed by atoms with E-state index in [-0.39, 0.29) is 0 Å². The minimum Gasteiger partial charge on any atom is -0.286 e. The number of hydrogen-bond acceptors (Lipinski definition) is 3. The summed E-state index contributed by atoms with van der Waals surface area (Å²) < 4.78 is 0. The molecule has 60 valence electrons. The van der Waals surface area contributed by atoms with Crippen LogP contribution >= 0.6 is 0 Å². The van der Waals surface area contributed by atoms with Gasteiger partial charge in [-0.2, -0.15) is 0 Å². The second kappa shape index (κ2) is 2.49. The van der Waals surface area contributed by atoms with Crippen molar-refractivity contribution in [3.63, 3.8) is 0 Å². The molecular weight excluding hydrogens is 126 g/mol. The standard InChI is InChI=1S/C7H17N3/c1-7(2,3)6-8-5-10(4)9-6/h6,8-9H,5H2,1-4H3. The van der Waals surface area contributed by atoms with Gasteiger partial charge < -0.3 is 0 Å². The van der Waals surface area contributed by atoms with Gasteiger partial charge >= 0.3 is 0 Å². The predicted octanol–water partition coefficient (Wildman–Crippen LogP) is 0.356. The summed E-state index contributed by atoms with van der Waals surface area (Å²) in [5.41, 5.74) is 3.61. The molecule has 0 aromatic carbocycles. The Labute approximate surface area is 62.8 Å². The largest absolute Gasteiger partial charge is 0.286 e. The van der Waals surface area contributed by atoms with Gasteiger partial charge in [-0.15, -0.1) is 0 Å². The van der Waals surface area contributed by atoms with Gasteiger partial charge in [-0.05, 0) is 5.41 Å². The summed E-state index contributed by atoms with van der Waals surface area (Å²) >= 11 is 0. The first-order valence-electron chi connectivity index (χ1n) is 3.71. The van der Waals surface area contributed by atoms with E-state index >= 15 is 0 Å². The van der Waals surface area contributed by atoms with Crippen LogP contribution in [-0.2, 0) is 0 Å². The van der Waals surface area contributed by atoms with Gasteiger partial charge in [0, 0.05) is 7.05 Å². The molecule has 0 aromatic rings. The van der Waals surface area contributed by atoms with Gasteiger partial charge in [0.15, 0.2) is 0 Å². The number of nitrogens with one attached hydrogen (secondary N) is 2. The highest BCUT2D eigenvalue weighted by Gasteiger charge is 2.28. The number of nitrogens with zero attached hydrogens (tertiary/aromatic N) is 1. The quantitative estimate of drug-likeness (QED) is 0.512. The van der Waals surface area contributed by atoms with Crippen LogP contribution in [0.15, 0.2) is 0 Å². The molecule has 1 fully saturated rings. The molecule has 0 bridgehead atoms. The maximum Gasteiger partial charge on any atom is 0.0765 e. The van der Waals surface area contributed by atoms with E-state index in [2.05, 4.69) is 36.5 Å². The molecule has 0 saturated carbocycles. The van der Waals surface area contributed by atoms with Crippen molar-refractivity contribution in [2.45, 2.75) is 26.9 Å². The van der Waals surface area contributed by atoms with Gasteiger partial charge in [0.25, 0.3) is 0 Å². The van der Waals surface area contributed by atoms with Gasteiger partial charge in [0.2, 0.25) is 0 Å². The summed E-state index contributed by atoms with van der Waals surface area (Å²) in [7, 11) is 2.04. The summed E-state index contributed by atoms with van der Waals surface area (Å²) in [6.45, 7) is 7.59. The maximum absolute atomic E-state index is 3.36. The first kappa shape index (κ1) is 7.98. The Kier molecular flexibility index (Phi) is 1.99. The lowest BCUT2D eigenvalue weighted by Crippen LogP contribution is -2.44. The van der Waals surface area contributed by atoms with Gasteiger partial charge in [0.1, 0.15) is 0 Å². The monoisotopic (exact) mass is 143 g/mol. The van der Waals surface area contributed by atoms with Crippen LogP contribution in [0.5, 0.6) is 0 Å². The molecule has 0 spiro atoms. The van der Waals surface area contributed by atoms with Crippen molar-refractivity contribution in [1.29, 1.82) is 0 Å². The lowest BCUT2D eigenvalue weighted by Gasteiger charge is -2.26. The highest BCUT2D eigenvalue weighted by Crippen LogP contribution is 2.18. The molecule has 0 aromatic heterocycles. The van der Waals surface area contributed by atoms with E-state index in [0.29, 0.717) is 11.6 Å². The molecule has 1 aliphatic heterocycles. The topological polar surface area (TPSA) is 27.3 Å². The van der Waals surface area contributed by atoms with Crippen molar-refractivity contribution >= 4 is 0 Å². The minimum absolute atomic E-state index is 0.296. The van der Waals surface area contributed by atoms with Gasteiger partial charge in [-0.3, -0.25) is 5.32 Å². The predicted molar refractivity (Wildman–Crippen MR) is 42.1 cm³/mol. The third kappa shape index (κ3) is 1.68. The molecule has 3 nitrogen and oxygen atoms in total. The van der Waals surface area contributed by atoms with E-state index in [1.165, 1.54) is 0 Å². The Balaban J connectivity index is 2.45. The third-order valence-corrected chi connectivity index (χ3v) is 1.75. The van der Waals surface area contributed by atoms with Crippen LogP contribution in [0.3, 0.4) is 0 Å². The van der Waals surface area contributed by atoms with Crippen LogP contribution in [0.1, 0.15) is 20.8 Å². The molecule has 0 aliphatic carbocycles. The number of hydrazine groups is 1. The van der Waals surface area contributed by atoms with Crippen LogP contribution in [0, 0.1) is 5.41 Å². The molecule has 1 unspecified atom stereocenters. The third-order valence-electron chi connectivity index (χ3n) is 1.75. The molecule has 0 radical (unpaired) electrons. The second-order valence-electron chi connectivity index (χ2n) is 3.99. The van der Waals surface area contributed by atoms with Crippen molar-refractivity contribution in [2.24, 2.45) is 5.41 Å². The normalized spacial score (nSPS) is 29.4. The first-order chi connectivity index (χ1) is 4.50. The molecule has 3 heteroatoms. The van der Waals surface area contributed by atoms with Crippen LogP contribution in [-0.4, -0.2) is 24.9 Å². The van der Waals surface area contributed by atoms with Crippen molar-refractivity contribution < 1.29 is 0 Å². The zero-order valence-corrected chi connectivity index (χ0v) is 7.23. The molecule has 1 rings (SSSR count). The van der Waals surface area contributed by atoms with Gasteiger partial charge in [-0.1, -0.05) is 20.8 Å². The molecular formula is C7H17N3. The van der Waals surface area contributed by atoms with Crippen LogP contribution in [0.4, 0.5) is 0 Å². The molecule has 1 saturated heterocycles. The molecule has 1 aliphatic rings. The second-order valence-corrected chi connectivity index (χ2v) is 3.99. The summed E-state index contributed by atoms with van der Waals surface area (Å²) in [5.74, 6) is 0. The molecule has 1 atom stereocenters. The Morgan fingerprint density at radius 3 is 2.20 bits per heavy atom. The van der Waals surface area contributed by atoms with E-state index in [1.54, 1.807) is 0 Å². The Hall–Kier alpha value is -0.120. The SMILES string of the molecule is CN1CNC(C(C)(C)C)N1. The van der Waals surface area contributed by atoms with Crippen LogP contribution < -0.4 is 10.7 Å². The van der Waals surface area contributed by atoms with Crippen molar-refractivity contribution in [3.8, 4) is 0 Å². The van der Waals surface area contributed by atoms with E-state index in [0.717, 1.165) is 6.67 Å². The van der Waals surface area contributed by atoms with Crippen LogP contribution in [0.25, 0.3) is 0 Å². The number of hydrogen-bond donors (Lipinski definition) is 2. The lowest BCUT2D eigenvalue weighted by atomic mass is 9.93. The fourth-order valence-corrected chi connectivity index (χ4v) is 1.04. The Morgan fingerprint density at radius 2 is 2.00 bits per heavy atom. The Bertz CT molecular complexity index is 117. The summed E-state index contributed by atoms with van der Waals surface area (Å²) in [5, 5.41) is 5.43. The highest BCUT2D eigenvalue weighted by molar-refractivity contribution is 4.80. The summed E-state index contributed by atoms with van der Waals surface area (Å²) in [4.78, 5) is 0.